The molecule has 0 saturated carbocycles. The first-order valence-electron chi connectivity index (χ1n) is 7.12. The second-order valence-electron chi connectivity index (χ2n) is 5.31. The van der Waals surface area contributed by atoms with Crippen molar-refractivity contribution in [3.8, 4) is 5.75 Å². The lowest BCUT2D eigenvalue weighted by Crippen LogP contribution is -2.20. The number of aryl methyl sites for hydroxylation is 1. The van der Waals surface area contributed by atoms with E-state index in [0.717, 1.165) is 16.6 Å². The van der Waals surface area contributed by atoms with Crippen LogP contribution >= 0.6 is 15.9 Å². The largest absolute Gasteiger partial charge is 0.496 e. The number of rotatable bonds is 5. The molecule has 1 unspecified atom stereocenters. The summed E-state index contributed by atoms with van der Waals surface area (Å²) < 4.78 is 6.76. The van der Waals surface area contributed by atoms with Gasteiger partial charge in [-0.05, 0) is 56.1 Å². The van der Waals surface area contributed by atoms with Gasteiger partial charge in [-0.25, -0.2) is 0 Å². The minimum Gasteiger partial charge on any atom is -0.496 e. The van der Waals surface area contributed by atoms with Crippen molar-refractivity contribution < 1.29 is 4.74 Å². The van der Waals surface area contributed by atoms with Crippen LogP contribution in [0.25, 0.3) is 0 Å². The zero-order chi connectivity index (χ0) is 15.4. The molecule has 1 atom stereocenters. The lowest BCUT2D eigenvalue weighted by molar-refractivity contribution is 0.397. The summed E-state index contributed by atoms with van der Waals surface area (Å²) in [6.45, 7) is 4.23. The van der Waals surface area contributed by atoms with Gasteiger partial charge in [0.1, 0.15) is 5.75 Å². The molecule has 2 rings (SSSR count). The molecule has 0 fully saturated rings. The smallest absolute Gasteiger partial charge is 0.126 e. The fraction of sp³-hybridized carbons (Fsp3) is 0.333. The second-order valence-corrected chi connectivity index (χ2v) is 6.22. The van der Waals surface area contributed by atoms with E-state index in [1.54, 1.807) is 7.11 Å². The lowest BCUT2D eigenvalue weighted by atomic mass is 9.94. The molecule has 1 N–H and O–H groups in total. The van der Waals surface area contributed by atoms with Crippen LogP contribution in [0.4, 0.5) is 0 Å². The summed E-state index contributed by atoms with van der Waals surface area (Å²) in [6, 6.07) is 13.0. The molecule has 3 heteroatoms. The van der Waals surface area contributed by atoms with Gasteiger partial charge in [0.15, 0.2) is 0 Å². The zero-order valence-electron chi connectivity index (χ0n) is 13.0. The van der Waals surface area contributed by atoms with Gasteiger partial charge in [0.05, 0.1) is 7.11 Å². The topological polar surface area (TPSA) is 21.3 Å². The van der Waals surface area contributed by atoms with Crippen LogP contribution in [0.1, 0.15) is 28.3 Å². The number of hydrogen-bond donors (Lipinski definition) is 1. The first-order chi connectivity index (χ1) is 10.1. The zero-order valence-corrected chi connectivity index (χ0v) is 14.6. The highest BCUT2D eigenvalue weighted by Crippen LogP contribution is 2.32. The fourth-order valence-corrected chi connectivity index (χ4v) is 3.07. The molecule has 2 aromatic carbocycles. The maximum atomic E-state index is 5.65. The summed E-state index contributed by atoms with van der Waals surface area (Å²) in [6.07, 6.45) is 0.925. The molecule has 0 aromatic heterocycles. The number of ether oxygens (including phenoxy) is 1. The summed E-state index contributed by atoms with van der Waals surface area (Å²) in [5.74, 6) is 0.990. The Kier molecular flexibility index (Phi) is 5.43. The van der Waals surface area contributed by atoms with Gasteiger partial charge in [-0.3, -0.25) is 0 Å². The van der Waals surface area contributed by atoms with Crippen LogP contribution in [-0.2, 0) is 6.42 Å². The maximum Gasteiger partial charge on any atom is 0.126 e. The van der Waals surface area contributed by atoms with E-state index < -0.39 is 0 Å². The third kappa shape index (κ3) is 3.66. The van der Waals surface area contributed by atoms with E-state index in [0.29, 0.717) is 0 Å². The van der Waals surface area contributed by atoms with Gasteiger partial charge in [0, 0.05) is 16.1 Å². The Morgan fingerprint density at radius 1 is 1.19 bits per heavy atom. The molecule has 0 aliphatic rings. The van der Waals surface area contributed by atoms with E-state index in [1.165, 1.54) is 22.3 Å². The van der Waals surface area contributed by atoms with Crippen molar-refractivity contribution in [3.05, 3.63) is 63.1 Å². The van der Waals surface area contributed by atoms with Crippen molar-refractivity contribution in [2.24, 2.45) is 0 Å². The average molecular weight is 348 g/mol. The summed E-state index contributed by atoms with van der Waals surface area (Å²) in [7, 11) is 3.74. The van der Waals surface area contributed by atoms with E-state index in [4.69, 9.17) is 4.74 Å². The molecule has 0 spiro atoms. The highest BCUT2D eigenvalue weighted by molar-refractivity contribution is 9.10. The van der Waals surface area contributed by atoms with Gasteiger partial charge in [-0.2, -0.15) is 0 Å². The minimum absolute atomic E-state index is 0.230. The van der Waals surface area contributed by atoms with Gasteiger partial charge in [0.2, 0.25) is 0 Å². The molecule has 2 nitrogen and oxygen atoms in total. The molecule has 21 heavy (non-hydrogen) atoms. The molecule has 0 aliphatic carbocycles. The third-order valence-corrected chi connectivity index (χ3v) is 4.46. The normalized spacial score (nSPS) is 12.2. The number of nitrogens with one attached hydrogen (secondary N) is 1. The van der Waals surface area contributed by atoms with E-state index in [9.17, 15) is 0 Å². The third-order valence-electron chi connectivity index (χ3n) is 3.96. The summed E-state index contributed by atoms with van der Waals surface area (Å²) in [4.78, 5) is 0. The Morgan fingerprint density at radius 2 is 1.95 bits per heavy atom. The van der Waals surface area contributed by atoms with Gasteiger partial charge in [-0.1, -0.05) is 40.2 Å². The van der Waals surface area contributed by atoms with Gasteiger partial charge in [0.25, 0.3) is 0 Å². The molecule has 0 aliphatic heterocycles. The average Bonchev–Trinajstić information content (AvgIpc) is 2.48. The van der Waals surface area contributed by atoms with Crippen molar-refractivity contribution in [3.63, 3.8) is 0 Å². The summed E-state index contributed by atoms with van der Waals surface area (Å²) in [5.41, 5.74) is 4.98. The van der Waals surface area contributed by atoms with Crippen molar-refractivity contribution >= 4 is 15.9 Å². The monoisotopic (exact) mass is 347 g/mol. The predicted molar refractivity (Wildman–Crippen MR) is 92.1 cm³/mol. The van der Waals surface area contributed by atoms with Gasteiger partial charge < -0.3 is 10.1 Å². The minimum atomic E-state index is 0.230. The fourth-order valence-electron chi connectivity index (χ4n) is 2.62. The van der Waals surface area contributed by atoms with E-state index in [1.807, 2.05) is 7.05 Å². The Morgan fingerprint density at radius 3 is 2.57 bits per heavy atom. The molecule has 0 amide bonds. The van der Waals surface area contributed by atoms with Crippen molar-refractivity contribution in [1.29, 1.82) is 0 Å². The number of benzene rings is 2. The molecule has 0 heterocycles. The maximum absolute atomic E-state index is 5.65. The van der Waals surface area contributed by atoms with Crippen LogP contribution in [0.3, 0.4) is 0 Å². The quantitative estimate of drug-likeness (QED) is 0.854. The Hall–Kier alpha value is -1.32. The number of hydrogen-bond acceptors (Lipinski definition) is 2. The molecule has 0 radical (unpaired) electrons. The molecular formula is C18H22BrNO. The van der Waals surface area contributed by atoms with Gasteiger partial charge in [-0.15, -0.1) is 0 Å². The van der Waals surface area contributed by atoms with E-state index in [-0.39, 0.29) is 6.04 Å². The van der Waals surface area contributed by atoms with Crippen LogP contribution in [0.2, 0.25) is 0 Å². The first-order valence-corrected chi connectivity index (χ1v) is 7.92. The standard InChI is InChI=1S/C18H22BrNO/c1-12-8-9-16(18(21-4)13(12)2)17(20-3)11-14-6-5-7-15(19)10-14/h5-10,17,20H,11H2,1-4H3. The van der Waals surface area contributed by atoms with Crippen LogP contribution in [0, 0.1) is 13.8 Å². The van der Waals surface area contributed by atoms with Crippen molar-refractivity contribution in [2.45, 2.75) is 26.3 Å². The predicted octanol–water partition coefficient (Wildman–Crippen LogP) is 4.58. The van der Waals surface area contributed by atoms with Crippen molar-refractivity contribution in [2.75, 3.05) is 14.2 Å². The van der Waals surface area contributed by atoms with Crippen LogP contribution in [0.5, 0.6) is 5.75 Å². The molecular weight excluding hydrogens is 326 g/mol. The Bertz CT molecular complexity index is 625. The molecule has 2 aromatic rings. The number of methoxy groups -OCH3 is 1. The molecule has 112 valence electrons. The van der Waals surface area contributed by atoms with Crippen molar-refractivity contribution in [1.82, 2.24) is 5.32 Å². The number of likely N-dealkylation sites (N-methyl/N-ethyl adjacent to an activating group) is 1. The highest BCUT2D eigenvalue weighted by atomic mass is 79.9. The summed E-state index contributed by atoms with van der Waals surface area (Å²) in [5, 5.41) is 3.41. The molecule has 0 bridgehead atoms. The van der Waals surface area contributed by atoms with Crippen LogP contribution < -0.4 is 10.1 Å². The SMILES string of the molecule is CNC(Cc1cccc(Br)c1)c1ccc(C)c(C)c1OC. The lowest BCUT2D eigenvalue weighted by Gasteiger charge is -2.22. The van der Waals surface area contributed by atoms with Gasteiger partial charge >= 0.3 is 0 Å². The number of halogens is 1. The Labute approximate surface area is 135 Å². The molecule has 0 saturated heterocycles. The summed E-state index contributed by atoms with van der Waals surface area (Å²) >= 11 is 3.53. The van der Waals surface area contributed by atoms with Crippen LogP contribution in [0.15, 0.2) is 40.9 Å². The van der Waals surface area contributed by atoms with E-state index in [2.05, 4.69) is 71.5 Å². The van der Waals surface area contributed by atoms with E-state index >= 15 is 0 Å². The van der Waals surface area contributed by atoms with Crippen LogP contribution in [-0.4, -0.2) is 14.2 Å². The second kappa shape index (κ2) is 7.10. The highest BCUT2D eigenvalue weighted by Gasteiger charge is 2.17. The first kappa shape index (κ1) is 16.1. The Balaban J connectivity index is 2.36.